The van der Waals surface area contributed by atoms with E-state index in [0.29, 0.717) is 26.2 Å². The molecule has 0 aliphatic carbocycles. The van der Waals surface area contributed by atoms with Crippen LogP contribution in [0.3, 0.4) is 0 Å². The van der Waals surface area contributed by atoms with Crippen molar-refractivity contribution in [2.75, 3.05) is 26.4 Å². The summed E-state index contributed by atoms with van der Waals surface area (Å²) in [6.07, 6.45) is 1.77. The Bertz CT molecular complexity index is 228. The van der Waals surface area contributed by atoms with Gasteiger partial charge in [-0.25, -0.2) is 0 Å². The zero-order valence-electron chi connectivity index (χ0n) is 11.6. The molecule has 0 amide bonds. The molecule has 0 fully saturated rings. The third-order valence-electron chi connectivity index (χ3n) is 2.54. The lowest BCUT2D eigenvalue weighted by molar-refractivity contribution is 0.00515. The van der Waals surface area contributed by atoms with E-state index in [1.807, 2.05) is 20.8 Å². The number of nitrogens with one attached hydrogen (secondary N) is 1. The quantitative estimate of drug-likeness (QED) is 0.596. The molecule has 0 rings (SSSR count). The molecule has 17 heavy (non-hydrogen) atoms. The molecule has 1 N–H and O–H groups in total. The molecule has 0 aromatic carbocycles. The van der Waals surface area contributed by atoms with Gasteiger partial charge in [-0.15, -0.1) is 0 Å². The van der Waals surface area contributed by atoms with Crippen molar-refractivity contribution in [1.29, 1.82) is 5.26 Å². The zero-order valence-corrected chi connectivity index (χ0v) is 11.6. The minimum atomic E-state index is -0.499. The van der Waals surface area contributed by atoms with Crippen LogP contribution in [0.15, 0.2) is 0 Å². The van der Waals surface area contributed by atoms with Crippen LogP contribution in [0.1, 0.15) is 40.5 Å². The molecule has 0 aromatic rings. The van der Waals surface area contributed by atoms with Gasteiger partial charge in [-0.2, -0.15) is 5.26 Å². The first-order chi connectivity index (χ1) is 8.08. The summed E-state index contributed by atoms with van der Waals surface area (Å²) >= 11 is 0. The van der Waals surface area contributed by atoms with E-state index in [0.717, 1.165) is 13.0 Å². The Hall–Kier alpha value is -0.630. The number of nitriles is 1. The van der Waals surface area contributed by atoms with Crippen LogP contribution in [0.4, 0.5) is 0 Å². The van der Waals surface area contributed by atoms with Gasteiger partial charge in [0.05, 0.1) is 25.4 Å². The van der Waals surface area contributed by atoms with Crippen LogP contribution in [-0.2, 0) is 9.47 Å². The summed E-state index contributed by atoms with van der Waals surface area (Å²) in [5.74, 6) is 0. The van der Waals surface area contributed by atoms with E-state index >= 15 is 0 Å². The fraction of sp³-hybridized carbons (Fsp3) is 0.923. The van der Waals surface area contributed by atoms with E-state index in [2.05, 4.69) is 18.3 Å². The van der Waals surface area contributed by atoms with Crippen molar-refractivity contribution in [1.82, 2.24) is 5.32 Å². The smallest absolute Gasteiger partial charge is 0.106 e. The molecule has 0 aromatic heterocycles. The van der Waals surface area contributed by atoms with Gasteiger partial charge in [0.15, 0.2) is 0 Å². The van der Waals surface area contributed by atoms with Gasteiger partial charge in [-0.05, 0) is 33.7 Å². The van der Waals surface area contributed by atoms with Crippen molar-refractivity contribution in [2.24, 2.45) is 0 Å². The molecule has 4 nitrogen and oxygen atoms in total. The van der Waals surface area contributed by atoms with Crippen LogP contribution in [0.5, 0.6) is 0 Å². The maximum absolute atomic E-state index is 9.18. The molecule has 100 valence electrons. The van der Waals surface area contributed by atoms with Crippen molar-refractivity contribution >= 4 is 0 Å². The second-order valence-corrected chi connectivity index (χ2v) is 4.45. The van der Waals surface area contributed by atoms with E-state index in [-0.39, 0.29) is 6.10 Å². The lowest BCUT2D eigenvalue weighted by Crippen LogP contribution is -2.44. The van der Waals surface area contributed by atoms with Crippen molar-refractivity contribution in [3.63, 3.8) is 0 Å². The molecule has 0 aliphatic heterocycles. The topological polar surface area (TPSA) is 54.3 Å². The Kier molecular flexibility index (Phi) is 9.06. The van der Waals surface area contributed by atoms with Crippen LogP contribution in [-0.4, -0.2) is 38.0 Å². The lowest BCUT2D eigenvalue weighted by atomic mass is 9.96. The number of ether oxygens (including phenoxy) is 2. The second kappa shape index (κ2) is 9.41. The highest BCUT2D eigenvalue weighted by atomic mass is 16.5. The molecule has 0 heterocycles. The molecule has 0 saturated carbocycles. The molecule has 2 unspecified atom stereocenters. The van der Waals surface area contributed by atoms with Crippen molar-refractivity contribution in [3.05, 3.63) is 0 Å². The van der Waals surface area contributed by atoms with Crippen LogP contribution in [0, 0.1) is 11.3 Å². The third kappa shape index (κ3) is 8.14. The fourth-order valence-corrected chi connectivity index (χ4v) is 1.64. The second-order valence-electron chi connectivity index (χ2n) is 4.45. The number of hydrogen-bond donors (Lipinski definition) is 1. The summed E-state index contributed by atoms with van der Waals surface area (Å²) in [4.78, 5) is 0. The Morgan fingerprint density at radius 3 is 2.59 bits per heavy atom. The highest BCUT2D eigenvalue weighted by Crippen LogP contribution is 2.13. The van der Waals surface area contributed by atoms with Gasteiger partial charge < -0.3 is 9.47 Å². The zero-order chi connectivity index (χ0) is 13.1. The summed E-state index contributed by atoms with van der Waals surface area (Å²) in [6.45, 7) is 10.7. The maximum atomic E-state index is 9.18. The number of rotatable bonds is 10. The maximum Gasteiger partial charge on any atom is 0.106 e. The minimum absolute atomic E-state index is 0.0597. The molecule has 0 bridgehead atoms. The molecule has 0 spiro atoms. The third-order valence-corrected chi connectivity index (χ3v) is 2.54. The normalized spacial score (nSPS) is 16.2. The highest BCUT2D eigenvalue weighted by molar-refractivity contribution is 5.04. The van der Waals surface area contributed by atoms with Crippen LogP contribution >= 0.6 is 0 Å². The molecule has 0 aliphatic rings. The average Bonchev–Trinajstić information content (AvgIpc) is 2.32. The van der Waals surface area contributed by atoms with Gasteiger partial charge in [0.2, 0.25) is 0 Å². The predicted octanol–water partition coefficient (Wildman–Crippen LogP) is 2.10. The van der Waals surface area contributed by atoms with Gasteiger partial charge in [-0.1, -0.05) is 6.92 Å². The van der Waals surface area contributed by atoms with Crippen molar-refractivity contribution < 1.29 is 9.47 Å². The van der Waals surface area contributed by atoms with E-state index in [4.69, 9.17) is 9.47 Å². The first-order valence-electron chi connectivity index (χ1n) is 6.43. The van der Waals surface area contributed by atoms with E-state index in [9.17, 15) is 5.26 Å². The Labute approximate surface area is 105 Å². The summed E-state index contributed by atoms with van der Waals surface area (Å²) in [7, 11) is 0. The average molecular weight is 242 g/mol. The number of hydrogen-bond acceptors (Lipinski definition) is 4. The van der Waals surface area contributed by atoms with Crippen molar-refractivity contribution in [3.8, 4) is 6.07 Å². The summed E-state index contributed by atoms with van der Waals surface area (Å²) in [5, 5.41) is 12.4. The largest absolute Gasteiger partial charge is 0.379 e. The van der Waals surface area contributed by atoms with Gasteiger partial charge in [0.25, 0.3) is 0 Å². The first kappa shape index (κ1) is 16.4. The molecular formula is C13H26N2O2. The molecular weight excluding hydrogens is 216 g/mol. The van der Waals surface area contributed by atoms with Gasteiger partial charge in [-0.3, -0.25) is 5.32 Å². The molecule has 2 atom stereocenters. The predicted molar refractivity (Wildman–Crippen MR) is 68.8 cm³/mol. The van der Waals surface area contributed by atoms with E-state index in [1.54, 1.807) is 0 Å². The lowest BCUT2D eigenvalue weighted by Gasteiger charge is -2.26. The Morgan fingerprint density at radius 2 is 2.06 bits per heavy atom. The summed E-state index contributed by atoms with van der Waals surface area (Å²) in [5.41, 5.74) is -0.499. The van der Waals surface area contributed by atoms with Gasteiger partial charge in [0, 0.05) is 13.0 Å². The minimum Gasteiger partial charge on any atom is -0.379 e. The number of nitrogens with zero attached hydrogens (tertiary/aromatic N) is 1. The van der Waals surface area contributed by atoms with Gasteiger partial charge >= 0.3 is 0 Å². The molecule has 4 heteroatoms. The van der Waals surface area contributed by atoms with Crippen LogP contribution < -0.4 is 5.32 Å². The summed E-state index contributed by atoms with van der Waals surface area (Å²) < 4.78 is 10.8. The van der Waals surface area contributed by atoms with E-state index < -0.39 is 5.54 Å². The first-order valence-corrected chi connectivity index (χ1v) is 6.43. The van der Waals surface area contributed by atoms with Crippen LogP contribution in [0.2, 0.25) is 0 Å². The van der Waals surface area contributed by atoms with E-state index in [1.165, 1.54) is 0 Å². The molecule has 0 saturated heterocycles. The van der Waals surface area contributed by atoms with Gasteiger partial charge in [0.1, 0.15) is 5.54 Å². The molecule has 0 radical (unpaired) electrons. The fourth-order valence-electron chi connectivity index (χ4n) is 1.64. The Balaban J connectivity index is 3.89. The monoisotopic (exact) mass is 242 g/mol. The van der Waals surface area contributed by atoms with Crippen molar-refractivity contribution in [2.45, 2.75) is 52.2 Å². The highest BCUT2D eigenvalue weighted by Gasteiger charge is 2.25. The summed E-state index contributed by atoms with van der Waals surface area (Å²) in [6, 6.07) is 2.32. The van der Waals surface area contributed by atoms with Crippen LogP contribution in [0.25, 0.3) is 0 Å². The standard InChI is InChI=1S/C13H26N2O2/c1-5-7-15-13(4,11-14)10-12(3)17-9-8-16-6-2/h12,15H,5-10H2,1-4H3. The Morgan fingerprint density at radius 1 is 1.35 bits per heavy atom. The SMILES string of the molecule is CCCNC(C)(C#N)CC(C)OCCOCC.